The molecular formula is C36H28. The molecule has 0 nitrogen and oxygen atoms in total. The van der Waals surface area contributed by atoms with Crippen molar-refractivity contribution in [3.8, 4) is 22.3 Å². The molecule has 0 amide bonds. The zero-order valence-electron chi connectivity index (χ0n) is 20.7. The first-order valence-corrected chi connectivity index (χ1v) is 12.8. The normalized spacial score (nSPS) is 11.1. The lowest BCUT2D eigenvalue weighted by molar-refractivity contribution is 1.50. The predicted octanol–water partition coefficient (Wildman–Crippen LogP) is 10.7. The summed E-state index contributed by atoms with van der Waals surface area (Å²) in [5.74, 6) is 0. The SMILES string of the molecule is CC.c1ccc(-c2c3cc4ccccc4cc3c(-c3ccccc3)c3cc4ccccc4cc23)cc1. The minimum atomic E-state index is 1.25. The molecule has 0 radical (unpaired) electrons. The maximum absolute atomic E-state index is 2.38. The fourth-order valence-corrected chi connectivity index (χ4v) is 5.43. The quantitative estimate of drug-likeness (QED) is 0.225. The lowest BCUT2D eigenvalue weighted by Gasteiger charge is -2.19. The van der Waals surface area contributed by atoms with Gasteiger partial charge in [0.2, 0.25) is 0 Å². The lowest BCUT2D eigenvalue weighted by Crippen LogP contribution is -1.92. The fraction of sp³-hybridized carbons (Fsp3) is 0.0556. The molecule has 36 heavy (non-hydrogen) atoms. The summed E-state index contributed by atoms with van der Waals surface area (Å²) in [7, 11) is 0. The zero-order chi connectivity index (χ0) is 24.5. The number of hydrogen-bond donors (Lipinski definition) is 0. The average molecular weight is 461 g/mol. The smallest absolute Gasteiger partial charge is 0.00259 e. The lowest BCUT2D eigenvalue weighted by atomic mass is 9.84. The van der Waals surface area contributed by atoms with Crippen LogP contribution in [0.1, 0.15) is 13.8 Å². The van der Waals surface area contributed by atoms with Crippen molar-refractivity contribution in [2.45, 2.75) is 13.8 Å². The third-order valence-electron chi connectivity index (χ3n) is 6.97. The van der Waals surface area contributed by atoms with Crippen LogP contribution in [0.3, 0.4) is 0 Å². The zero-order valence-corrected chi connectivity index (χ0v) is 20.7. The molecule has 0 unspecified atom stereocenters. The van der Waals surface area contributed by atoms with Crippen molar-refractivity contribution in [2.75, 3.05) is 0 Å². The first-order valence-electron chi connectivity index (χ1n) is 12.8. The Morgan fingerprint density at radius 1 is 0.306 bits per heavy atom. The van der Waals surface area contributed by atoms with E-state index in [1.807, 2.05) is 13.8 Å². The number of rotatable bonds is 2. The van der Waals surface area contributed by atoms with E-state index in [1.165, 1.54) is 65.3 Å². The van der Waals surface area contributed by atoms with Crippen LogP contribution < -0.4 is 0 Å². The van der Waals surface area contributed by atoms with Gasteiger partial charge >= 0.3 is 0 Å². The maximum Gasteiger partial charge on any atom is -0.00259 e. The maximum atomic E-state index is 2.38. The van der Waals surface area contributed by atoms with E-state index in [4.69, 9.17) is 0 Å². The highest BCUT2D eigenvalue weighted by Crippen LogP contribution is 2.45. The molecule has 0 fully saturated rings. The van der Waals surface area contributed by atoms with Crippen LogP contribution in [0.2, 0.25) is 0 Å². The summed E-state index contributed by atoms with van der Waals surface area (Å²) in [5, 5.41) is 10.3. The molecule has 0 atom stereocenters. The number of hydrogen-bond acceptors (Lipinski definition) is 0. The Hall–Kier alpha value is -4.42. The summed E-state index contributed by atoms with van der Waals surface area (Å²) < 4.78 is 0. The molecule has 0 bridgehead atoms. The van der Waals surface area contributed by atoms with E-state index in [0.29, 0.717) is 0 Å². The minimum absolute atomic E-state index is 1.25. The average Bonchev–Trinajstić information content (AvgIpc) is 2.96. The van der Waals surface area contributed by atoms with Crippen LogP contribution >= 0.6 is 0 Å². The second-order valence-electron chi connectivity index (χ2n) is 8.97. The summed E-state index contributed by atoms with van der Waals surface area (Å²) in [6.45, 7) is 4.00. The van der Waals surface area contributed by atoms with Gasteiger partial charge in [0, 0.05) is 0 Å². The van der Waals surface area contributed by atoms with E-state index in [1.54, 1.807) is 0 Å². The minimum Gasteiger partial charge on any atom is -0.0683 e. The highest BCUT2D eigenvalue weighted by Gasteiger charge is 2.18. The van der Waals surface area contributed by atoms with Gasteiger partial charge < -0.3 is 0 Å². The highest BCUT2D eigenvalue weighted by atomic mass is 14.2. The Bertz CT molecular complexity index is 1590. The van der Waals surface area contributed by atoms with Gasteiger partial charge in [-0.2, -0.15) is 0 Å². The second kappa shape index (κ2) is 9.32. The summed E-state index contributed by atoms with van der Waals surface area (Å²) in [5.41, 5.74) is 5.12. The van der Waals surface area contributed by atoms with E-state index in [-0.39, 0.29) is 0 Å². The second-order valence-corrected chi connectivity index (χ2v) is 8.97. The largest absolute Gasteiger partial charge is 0.0683 e. The summed E-state index contributed by atoms with van der Waals surface area (Å²) in [6, 6.07) is 48.6. The van der Waals surface area contributed by atoms with E-state index in [0.717, 1.165) is 0 Å². The van der Waals surface area contributed by atoms with E-state index in [9.17, 15) is 0 Å². The molecular weight excluding hydrogens is 432 g/mol. The van der Waals surface area contributed by atoms with Crippen LogP contribution in [-0.2, 0) is 0 Å². The van der Waals surface area contributed by atoms with Crippen LogP contribution in [0.5, 0.6) is 0 Å². The van der Waals surface area contributed by atoms with Crippen molar-refractivity contribution >= 4 is 43.1 Å². The van der Waals surface area contributed by atoms with Gasteiger partial charge in [-0.05, 0) is 89.6 Å². The molecule has 0 saturated heterocycles. The van der Waals surface area contributed by atoms with Crippen LogP contribution in [-0.4, -0.2) is 0 Å². The van der Waals surface area contributed by atoms with Crippen molar-refractivity contribution in [2.24, 2.45) is 0 Å². The van der Waals surface area contributed by atoms with Crippen LogP contribution in [0.4, 0.5) is 0 Å². The van der Waals surface area contributed by atoms with E-state index in [2.05, 4.69) is 133 Å². The van der Waals surface area contributed by atoms with Crippen molar-refractivity contribution in [3.05, 3.63) is 133 Å². The predicted molar refractivity (Wildman–Crippen MR) is 159 cm³/mol. The summed E-state index contributed by atoms with van der Waals surface area (Å²) in [6.07, 6.45) is 0. The van der Waals surface area contributed by atoms with E-state index < -0.39 is 0 Å². The van der Waals surface area contributed by atoms with Gasteiger partial charge in [-0.25, -0.2) is 0 Å². The molecule has 0 aromatic heterocycles. The first kappa shape index (κ1) is 22.1. The molecule has 0 heterocycles. The number of fused-ring (bicyclic) bond motifs is 4. The molecule has 0 heteroatoms. The Kier molecular flexibility index (Phi) is 5.71. The molecule has 0 saturated carbocycles. The molecule has 7 aromatic rings. The van der Waals surface area contributed by atoms with Crippen LogP contribution in [0.25, 0.3) is 65.3 Å². The summed E-state index contributed by atoms with van der Waals surface area (Å²) in [4.78, 5) is 0. The molecule has 0 aliphatic carbocycles. The summed E-state index contributed by atoms with van der Waals surface area (Å²) >= 11 is 0. The Labute approximate surface area is 212 Å². The van der Waals surface area contributed by atoms with Gasteiger partial charge in [-0.3, -0.25) is 0 Å². The highest BCUT2D eigenvalue weighted by molar-refractivity contribution is 6.25. The molecule has 0 aliphatic heterocycles. The van der Waals surface area contributed by atoms with Gasteiger partial charge in [0.1, 0.15) is 0 Å². The van der Waals surface area contributed by atoms with Crippen LogP contribution in [0.15, 0.2) is 133 Å². The Morgan fingerprint density at radius 2 is 0.556 bits per heavy atom. The van der Waals surface area contributed by atoms with Gasteiger partial charge in [0.25, 0.3) is 0 Å². The van der Waals surface area contributed by atoms with Crippen molar-refractivity contribution < 1.29 is 0 Å². The molecule has 0 spiro atoms. The van der Waals surface area contributed by atoms with Gasteiger partial charge in [-0.1, -0.05) is 123 Å². The molecule has 0 N–H and O–H groups in total. The molecule has 0 aliphatic rings. The fourth-order valence-electron chi connectivity index (χ4n) is 5.43. The Morgan fingerprint density at radius 3 is 0.833 bits per heavy atom. The van der Waals surface area contributed by atoms with Gasteiger partial charge in [-0.15, -0.1) is 0 Å². The number of benzene rings is 7. The monoisotopic (exact) mass is 460 g/mol. The Balaban J connectivity index is 0.00000117. The van der Waals surface area contributed by atoms with Crippen molar-refractivity contribution in [1.29, 1.82) is 0 Å². The first-order chi connectivity index (χ1) is 17.9. The standard InChI is InChI=1S/C34H22.C2H6/c1-3-11-23(12-4-1)33-29-19-25-15-7-9-17-27(25)21-31(29)34(24-13-5-2-6-14-24)32-22-28-18-10-8-16-26(28)20-30(32)33;1-2/h1-22H;1-2H3. The molecule has 7 aromatic carbocycles. The topological polar surface area (TPSA) is 0 Å². The third-order valence-corrected chi connectivity index (χ3v) is 6.97. The van der Waals surface area contributed by atoms with E-state index >= 15 is 0 Å². The van der Waals surface area contributed by atoms with Crippen LogP contribution in [0, 0.1) is 0 Å². The molecule has 7 rings (SSSR count). The third kappa shape index (κ3) is 3.63. The van der Waals surface area contributed by atoms with Gasteiger partial charge in [0.15, 0.2) is 0 Å². The van der Waals surface area contributed by atoms with Crippen molar-refractivity contribution in [3.63, 3.8) is 0 Å². The van der Waals surface area contributed by atoms with Crippen molar-refractivity contribution in [1.82, 2.24) is 0 Å². The molecule has 172 valence electrons. The van der Waals surface area contributed by atoms with Gasteiger partial charge in [0.05, 0.1) is 0 Å².